The number of piperidine rings is 1. The SMILES string of the molecule is CC1CCC(NS(=O)(=O)CC(=O)N2CCCC(C(C)N)C2)CC1.Cl. The molecule has 8 heteroatoms. The summed E-state index contributed by atoms with van der Waals surface area (Å²) in [5, 5.41) is 0. The van der Waals surface area contributed by atoms with Crippen LogP contribution < -0.4 is 10.5 Å². The Balaban J connectivity index is 0.00000288. The van der Waals surface area contributed by atoms with Gasteiger partial charge in [0.2, 0.25) is 15.9 Å². The van der Waals surface area contributed by atoms with Gasteiger partial charge in [-0.15, -0.1) is 12.4 Å². The number of halogens is 1. The average Bonchev–Trinajstić information content (AvgIpc) is 2.49. The summed E-state index contributed by atoms with van der Waals surface area (Å²) in [5.41, 5.74) is 5.92. The molecule has 0 spiro atoms. The van der Waals surface area contributed by atoms with E-state index in [9.17, 15) is 13.2 Å². The maximum absolute atomic E-state index is 12.3. The van der Waals surface area contributed by atoms with Gasteiger partial charge in [0.15, 0.2) is 0 Å². The monoisotopic (exact) mass is 381 g/mol. The predicted octanol–water partition coefficient (Wildman–Crippen LogP) is 1.49. The minimum absolute atomic E-state index is 0. The Kier molecular flexibility index (Phi) is 8.45. The zero-order valence-electron chi connectivity index (χ0n) is 14.7. The van der Waals surface area contributed by atoms with Gasteiger partial charge in [-0.05, 0) is 57.3 Å². The van der Waals surface area contributed by atoms with Crippen LogP contribution in [0.3, 0.4) is 0 Å². The third kappa shape index (κ3) is 6.50. The van der Waals surface area contributed by atoms with Crippen molar-refractivity contribution in [2.75, 3.05) is 18.8 Å². The minimum atomic E-state index is -3.56. The number of carbonyl (C=O) groups is 1. The van der Waals surface area contributed by atoms with Crippen molar-refractivity contribution in [3.63, 3.8) is 0 Å². The number of amides is 1. The highest BCUT2D eigenvalue weighted by atomic mass is 35.5. The van der Waals surface area contributed by atoms with Gasteiger partial charge in [0.05, 0.1) is 0 Å². The third-order valence-corrected chi connectivity index (χ3v) is 6.55. The van der Waals surface area contributed by atoms with E-state index in [0.29, 0.717) is 19.0 Å². The van der Waals surface area contributed by atoms with E-state index >= 15 is 0 Å². The standard InChI is InChI=1S/C16H31N3O3S.ClH/c1-12-5-7-15(8-6-12)18-23(21,22)11-16(20)19-9-3-4-14(10-19)13(2)17;/h12-15,18H,3-11,17H2,1-2H3;1H. The molecule has 24 heavy (non-hydrogen) atoms. The first kappa shape index (κ1) is 21.7. The Hall–Kier alpha value is -0.370. The maximum Gasteiger partial charge on any atom is 0.239 e. The van der Waals surface area contributed by atoms with E-state index in [4.69, 9.17) is 5.73 Å². The van der Waals surface area contributed by atoms with E-state index in [-0.39, 0.29) is 36.3 Å². The van der Waals surface area contributed by atoms with Gasteiger partial charge in [-0.3, -0.25) is 4.79 Å². The zero-order chi connectivity index (χ0) is 17.0. The predicted molar refractivity (Wildman–Crippen MR) is 98.5 cm³/mol. The summed E-state index contributed by atoms with van der Waals surface area (Å²) in [6, 6.07) is 0.0201. The number of hydrogen-bond donors (Lipinski definition) is 2. The number of sulfonamides is 1. The highest BCUT2D eigenvalue weighted by molar-refractivity contribution is 7.90. The lowest BCUT2D eigenvalue weighted by Crippen LogP contribution is -2.48. The van der Waals surface area contributed by atoms with Crippen LogP contribution >= 0.6 is 12.4 Å². The fourth-order valence-electron chi connectivity index (χ4n) is 3.59. The van der Waals surface area contributed by atoms with Crippen LogP contribution in [0, 0.1) is 11.8 Å². The van der Waals surface area contributed by atoms with E-state index in [1.54, 1.807) is 4.90 Å². The molecule has 0 aromatic carbocycles. The van der Waals surface area contributed by atoms with E-state index < -0.39 is 15.8 Å². The molecule has 3 N–H and O–H groups in total. The molecule has 2 fully saturated rings. The third-order valence-electron chi connectivity index (χ3n) is 5.23. The Morgan fingerprint density at radius 2 is 1.88 bits per heavy atom. The minimum Gasteiger partial charge on any atom is -0.341 e. The van der Waals surface area contributed by atoms with Crippen molar-refractivity contribution in [2.24, 2.45) is 17.6 Å². The molecule has 0 bridgehead atoms. The van der Waals surface area contributed by atoms with Crippen molar-refractivity contribution in [1.82, 2.24) is 9.62 Å². The molecule has 1 aliphatic heterocycles. The molecule has 1 saturated carbocycles. The van der Waals surface area contributed by atoms with E-state index in [1.807, 2.05) is 6.92 Å². The second kappa shape index (κ2) is 9.36. The lowest BCUT2D eigenvalue weighted by molar-refractivity contribution is -0.130. The Labute approximate surface area is 152 Å². The molecule has 1 heterocycles. The van der Waals surface area contributed by atoms with Crippen LogP contribution in [0.2, 0.25) is 0 Å². The fraction of sp³-hybridized carbons (Fsp3) is 0.938. The molecule has 2 atom stereocenters. The summed E-state index contributed by atoms with van der Waals surface area (Å²) in [6.07, 6.45) is 5.72. The highest BCUT2D eigenvalue weighted by Gasteiger charge is 2.30. The van der Waals surface area contributed by atoms with Gasteiger partial charge in [-0.1, -0.05) is 6.92 Å². The van der Waals surface area contributed by atoms with Crippen LogP contribution in [0.4, 0.5) is 0 Å². The number of nitrogens with two attached hydrogens (primary N) is 1. The molecule has 2 aliphatic rings. The van der Waals surface area contributed by atoms with E-state index in [2.05, 4.69) is 11.6 Å². The van der Waals surface area contributed by atoms with Gasteiger partial charge < -0.3 is 10.6 Å². The lowest BCUT2D eigenvalue weighted by atomic mass is 9.88. The molecule has 0 radical (unpaired) electrons. The number of rotatable bonds is 5. The van der Waals surface area contributed by atoms with Crippen LogP contribution in [-0.2, 0) is 14.8 Å². The quantitative estimate of drug-likeness (QED) is 0.754. The van der Waals surface area contributed by atoms with Crippen LogP contribution in [0.25, 0.3) is 0 Å². The normalized spacial score (nSPS) is 29.6. The number of nitrogens with one attached hydrogen (secondary N) is 1. The molecule has 1 amide bonds. The summed E-state index contributed by atoms with van der Waals surface area (Å²) in [7, 11) is -3.56. The fourth-order valence-corrected chi connectivity index (χ4v) is 4.93. The van der Waals surface area contributed by atoms with Crippen molar-refractivity contribution in [3.8, 4) is 0 Å². The summed E-state index contributed by atoms with van der Waals surface area (Å²) in [4.78, 5) is 14.0. The van der Waals surface area contributed by atoms with Gasteiger partial charge >= 0.3 is 0 Å². The second-order valence-electron chi connectivity index (χ2n) is 7.43. The molecule has 2 unspecified atom stereocenters. The van der Waals surface area contributed by atoms with Gasteiger partial charge in [-0.2, -0.15) is 0 Å². The van der Waals surface area contributed by atoms with E-state index in [1.165, 1.54) is 0 Å². The first-order valence-electron chi connectivity index (χ1n) is 8.80. The van der Waals surface area contributed by atoms with Crippen LogP contribution in [0.1, 0.15) is 52.4 Å². The Morgan fingerprint density at radius 3 is 2.46 bits per heavy atom. The number of nitrogens with zero attached hydrogens (tertiary/aromatic N) is 1. The molecule has 6 nitrogen and oxygen atoms in total. The zero-order valence-corrected chi connectivity index (χ0v) is 16.4. The van der Waals surface area contributed by atoms with Crippen LogP contribution in [-0.4, -0.2) is 50.2 Å². The summed E-state index contributed by atoms with van der Waals surface area (Å²) in [5.74, 6) is 0.196. The van der Waals surface area contributed by atoms with Gasteiger partial charge in [-0.25, -0.2) is 13.1 Å². The van der Waals surface area contributed by atoms with Gasteiger partial charge in [0.25, 0.3) is 0 Å². The van der Waals surface area contributed by atoms with Gasteiger partial charge in [0.1, 0.15) is 5.75 Å². The van der Waals surface area contributed by atoms with Crippen molar-refractivity contribution in [2.45, 2.75) is 64.5 Å². The second-order valence-corrected chi connectivity index (χ2v) is 9.19. The molecule has 0 aromatic heterocycles. The molecule has 0 aromatic rings. The van der Waals surface area contributed by atoms with Crippen molar-refractivity contribution in [3.05, 3.63) is 0 Å². The topological polar surface area (TPSA) is 92.5 Å². The summed E-state index contributed by atoms with van der Waals surface area (Å²) < 4.78 is 27.3. The lowest BCUT2D eigenvalue weighted by Gasteiger charge is -2.34. The van der Waals surface area contributed by atoms with Crippen molar-refractivity contribution in [1.29, 1.82) is 0 Å². The van der Waals surface area contributed by atoms with Crippen molar-refractivity contribution < 1.29 is 13.2 Å². The molecular weight excluding hydrogens is 350 g/mol. The largest absolute Gasteiger partial charge is 0.341 e. The molecule has 142 valence electrons. The summed E-state index contributed by atoms with van der Waals surface area (Å²) >= 11 is 0. The van der Waals surface area contributed by atoms with Crippen LogP contribution in [0.5, 0.6) is 0 Å². The Bertz CT molecular complexity index is 505. The first-order chi connectivity index (χ1) is 10.8. The Morgan fingerprint density at radius 1 is 1.25 bits per heavy atom. The molecule has 1 aliphatic carbocycles. The van der Waals surface area contributed by atoms with E-state index in [0.717, 1.165) is 38.5 Å². The van der Waals surface area contributed by atoms with Gasteiger partial charge in [0, 0.05) is 25.2 Å². The molecule has 2 rings (SSSR count). The average molecular weight is 382 g/mol. The maximum atomic E-state index is 12.3. The number of likely N-dealkylation sites (tertiary alicyclic amines) is 1. The smallest absolute Gasteiger partial charge is 0.239 e. The summed E-state index contributed by atoms with van der Waals surface area (Å²) in [6.45, 7) is 5.35. The van der Waals surface area contributed by atoms with Crippen molar-refractivity contribution >= 4 is 28.3 Å². The first-order valence-corrected chi connectivity index (χ1v) is 10.5. The van der Waals surface area contributed by atoms with Crippen LogP contribution in [0.15, 0.2) is 0 Å². The number of carbonyl (C=O) groups excluding carboxylic acids is 1. The highest BCUT2D eigenvalue weighted by Crippen LogP contribution is 2.24. The number of hydrogen-bond acceptors (Lipinski definition) is 4. The molecular formula is C16H32ClN3O3S. The molecule has 1 saturated heterocycles.